The number of nitrogens with zero attached hydrogens (tertiary/aromatic N) is 4. The zero-order chi connectivity index (χ0) is 43.5. The maximum Gasteiger partial charge on any atom is 0.0998 e. The molecule has 0 amide bonds. The van der Waals surface area contributed by atoms with Crippen molar-refractivity contribution in [2.45, 2.75) is 0 Å². The van der Waals surface area contributed by atoms with Crippen molar-refractivity contribution in [3.8, 4) is 34.4 Å². The van der Waals surface area contributed by atoms with E-state index in [1.165, 1.54) is 0 Å². The summed E-state index contributed by atoms with van der Waals surface area (Å²) in [7, 11) is 0. The number of nitriles is 2. The summed E-state index contributed by atoms with van der Waals surface area (Å²) in [4.78, 5) is 4.42. The molecule has 0 N–H and O–H groups in total. The first-order valence-electron chi connectivity index (χ1n) is 21.2. The van der Waals surface area contributed by atoms with E-state index in [0.717, 1.165) is 78.6 Å². The van der Waals surface area contributed by atoms with Gasteiger partial charge in [0, 0.05) is 34.1 Å². The molecular weight excluding hydrogens is 777 g/mol. The van der Waals surface area contributed by atoms with Crippen LogP contribution in [-0.2, 0) is 0 Å². The smallest absolute Gasteiger partial charge is 0.0998 e. The molecule has 0 heterocycles. The van der Waals surface area contributed by atoms with Gasteiger partial charge in [0.1, 0.15) is 0 Å². The van der Waals surface area contributed by atoms with Crippen molar-refractivity contribution in [3.63, 3.8) is 0 Å². The third-order valence-corrected chi connectivity index (χ3v) is 11.2. The summed E-state index contributed by atoms with van der Waals surface area (Å²) in [5, 5.41) is 21.5. The first-order valence-corrected chi connectivity index (χ1v) is 21.2. The fourth-order valence-electron chi connectivity index (χ4n) is 8.06. The van der Waals surface area contributed by atoms with Gasteiger partial charge in [-0.3, -0.25) is 0 Å². The Balaban J connectivity index is 1.13. The van der Waals surface area contributed by atoms with Gasteiger partial charge in [0.05, 0.1) is 23.3 Å². The topological polar surface area (TPSA) is 54.1 Å². The summed E-state index contributed by atoms with van der Waals surface area (Å²) in [5.74, 6) is 0. The van der Waals surface area contributed by atoms with Crippen LogP contribution in [0.15, 0.2) is 243 Å². The second-order valence-corrected chi connectivity index (χ2v) is 15.2. The van der Waals surface area contributed by atoms with Crippen LogP contribution in [0.4, 0.5) is 34.1 Å². The molecule has 9 aromatic rings. The Labute approximate surface area is 375 Å². The van der Waals surface area contributed by atoms with Gasteiger partial charge in [0.15, 0.2) is 0 Å². The van der Waals surface area contributed by atoms with Crippen molar-refractivity contribution >= 4 is 57.4 Å². The van der Waals surface area contributed by atoms with Crippen molar-refractivity contribution < 1.29 is 0 Å². The summed E-state index contributed by atoms with van der Waals surface area (Å²) in [5.41, 5.74) is 14.5. The first kappa shape index (κ1) is 40.4. The fourth-order valence-corrected chi connectivity index (χ4v) is 8.06. The van der Waals surface area contributed by atoms with Crippen molar-refractivity contribution in [2.24, 2.45) is 0 Å². The molecule has 4 nitrogen and oxygen atoms in total. The molecule has 0 atom stereocenters. The molecule has 0 aliphatic carbocycles. The molecule has 9 aromatic carbocycles. The Morgan fingerprint density at radius 3 is 0.828 bits per heavy atom. The zero-order valence-electron chi connectivity index (χ0n) is 35.0. The first-order chi connectivity index (χ1) is 31.7. The van der Waals surface area contributed by atoms with Gasteiger partial charge >= 0.3 is 0 Å². The Kier molecular flexibility index (Phi) is 12.1. The van der Waals surface area contributed by atoms with Gasteiger partial charge in [-0.05, 0) is 142 Å². The summed E-state index contributed by atoms with van der Waals surface area (Å²) in [6, 6.07) is 87.2. The second-order valence-electron chi connectivity index (χ2n) is 15.2. The van der Waals surface area contributed by atoms with Crippen LogP contribution >= 0.6 is 0 Å². The molecule has 302 valence electrons. The van der Waals surface area contributed by atoms with Crippen LogP contribution in [0.2, 0.25) is 0 Å². The molecule has 0 radical (unpaired) electrons. The highest BCUT2D eigenvalue weighted by molar-refractivity contribution is 5.99. The molecule has 0 saturated heterocycles. The van der Waals surface area contributed by atoms with Crippen LogP contribution in [0.3, 0.4) is 0 Å². The summed E-state index contributed by atoms with van der Waals surface area (Å²) in [6.45, 7) is 0. The highest BCUT2D eigenvalue weighted by atomic mass is 15.1. The number of hydrogen-bond donors (Lipinski definition) is 0. The zero-order valence-corrected chi connectivity index (χ0v) is 35.0. The van der Waals surface area contributed by atoms with Gasteiger partial charge in [0.25, 0.3) is 0 Å². The predicted octanol–water partition coefficient (Wildman–Crippen LogP) is 16.1. The van der Waals surface area contributed by atoms with E-state index in [1.54, 1.807) is 0 Å². The van der Waals surface area contributed by atoms with Crippen molar-refractivity contribution in [1.29, 1.82) is 10.5 Å². The van der Waals surface area contributed by atoms with Gasteiger partial charge in [-0.25, -0.2) is 0 Å². The van der Waals surface area contributed by atoms with E-state index < -0.39 is 0 Å². The fraction of sp³-hybridized carbons (Fsp3) is 0. The van der Waals surface area contributed by atoms with E-state index in [1.807, 2.05) is 146 Å². The predicted molar refractivity (Wildman–Crippen MR) is 267 cm³/mol. The molecule has 0 aromatic heterocycles. The second kappa shape index (κ2) is 19.2. The van der Waals surface area contributed by atoms with Crippen LogP contribution in [0.1, 0.15) is 22.3 Å². The average Bonchev–Trinajstić information content (AvgIpc) is 3.37. The quantitative estimate of drug-likeness (QED) is 0.0910. The number of rotatable bonds is 12. The molecule has 0 aliphatic rings. The Morgan fingerprint density at radius 1 is 0.312 bits per heavy atom. The summed E-state index contributed by atoms with van der Waals surface area (Å²) >= 11 is 0. The van der Waals surface area contributed by atoms with Crippen molar-refractivity contribution in [1.82, 2.24) is 0 Å². The molecule has 0 fully saturated rings. The average molecular weight is 819 g/mol. The molecular formula is C60H42N4. The number of allylic oxidation sites excluding steroid dienone is 2. The lowest BCUT2D eigenvalue weighted by Gasteiger charge is -2.25. The number of para-hydroxylation sites is 4. The van der Waals surface area contributed by atoms with Crippen LogP contribution in [0.5, 0.6) is 0 Å². The minimum Gasteiger partial charge on any atom is -0.311 e. The van der Waals surface area contributed by atoms with Crippen LogP contribution in [-0.4, -0.2) is 0 Å². The Bertz CT molecular complexity index is 2820. The minimum atomic E-state index is 0.537. The lowest BCUT2D eigenvalue weighted by atomic mass is 9.88. The minimum absolute atomic E-state index is 0.537. The van der Waals surface area contributed by atoms with Crippen LogP contribution in [0.25, 0.3) is 45.6 Å². The largest absolute Gasteiger partial charge is 0.311 e. The van der Waals surface area contributed by atoms with Gasteiger partial charge < -0.3 is 9.80 Å². The van der Waals surface area contributed by atoms with Crippen molar-refractivity contribution in [2.75, 3.05) is 9.80 Å². The monoisotopic (exact) mass is 818 g/mol. The third-order valence-electron chi connectivity index (χ3n) is 11.2. The molecule has 0 spiro atoms. The standard InChI is InChI=1S/C60H42N4/c61-43-51(45-31-35-57(36-32-45)63(53-23-11-3-12-24-53)54-25-13-4-14-26-54)39-49-42-60(48-21-9-2-10-22-48)50(41-59(49)47-19-7-1-8-20-47)40-52(44-62)46-33-37-58(38-34-46)64(55-27-15-5-16-28-55)56-29-17-6-18-30-56/h1-42H/b51-39+,52-40+. The maximum atomic E-state index is 10.8. The van der Waals surface area contributed by atoms with E-state index in [0.29, 0.717) is 11.1 Å². The Hall–Kier alpha value is -8.96. The highest BCUT2D eigenvalue weighted by Crippen LogP contribution is 2.39. The van der Waals surface area contributed by atoms with Crippen molar-refractivity contribution in [3.05, 3.63) is 265 Å². The third kappa shape index (κ3) is 8.90. The lowest BCUT2D eigenvalue weighted by Crippen LogP contribution is -2.09. The van der Waals surface area contributed by atoms with E-state index in [2.05, 4.69) is 131 Å². The normalized spacial score (nSPS) is 11.3. The molecule has 9 rings (SSSR count). The van der Waals surface area contributed by atoms with E-state index in [4.69, 9.17) is 0 Å². The van der Waals surface area contributed by atoms with Gasteiger partial charge in [0.2, 0.25) is 0 Å². The van der Waals surface area contributed by atoms with Crippen LogP contribution < -0.4 is 9.80 Å². The summed E-state index contributed by atoms with van der Waals surface area (Å²) in [6.07, 6.45) is 3.97. The van der Waals surface area contributed by atoms with Crippen LogP contribution in [0, 0.1) is 22.7 Å². The maximum absolute atomic E-state index is 10.8. The SMILES string of the molecule is N#C/C(=C\c1cc(-c2ccccc2)c(/C=C(\C#N)c2ccc(N(c3ccccc3)c3ccccc3)cc2)cc1-c1ccccc1)c1ccc(N(c2ccccc2)c2ccccc2)cc1. The molecule has 0 aliphatic heterocycles. The summed E-state index contributed by atoms with van der Waals surface area (Å²) < 4.78 is 0. The van der Waals surface area contributed by atoms with E-state index >= 15 is 0 Å². The Morgan fingerprint density at radius 2 is 0.562 bits per heavy atom. The van der Waals surface area contributed by atoms with Gasteiger partial charge in [-0.1, -0.05) is 158 Å². The molecule has 4 heteroatoms. The van der Waals surface area contributed by atoms with Gasteiger partial charge in [-0.2, -0.15) is 10.5 Å². The number of benzene rings is 9. The number of hydrogen-bond acceptors (Lipinski definition) is 4. The number of anilines is 6. The molecule has 0 bridgehead atoms. The molecule has 0 saturated carbocycles. The highest BCUT2D eigenvalue weighted by Gasteiger charge is 2.17. The van der Waals surface area contributed by atoms with Gasteiger partial charge in [-0.15, -0.1) is 0 Å². The molecule has 64 heavy (non-hydrogen) atoms. The van der Waals surface area contributed by atoms with E-state index in [-0.39, 0.29) is 0 Å². The van der Waals surface area contributed by atoms with E-state index in [9.17, 15) is 10.5 Å². The molecule has 0 unspecified atom stereocenters. The lowest BCUT2D eigenvalue weighted by molar-refractivity contribution is 1.28.